The van der Waals surface area contributed by atoms with Crippen LogP contribution in [-0.4, -0.2) is 39.4 Å². The van der Waals surface area contributed by atoms with Crippen LogP contribution in [0.4, 0.5) is 0 Å². The van der Waals surface area contributed by atoms with Crippen LogP contribution >= 0.6 is 24.0 Å². The number of rotatable bonds is 10. The van der Waals surface area contributed by atoms with Crippen molar-refractivity contribution in [2.45, 2.75) is 40.2 Å². The van der Waals surface area contributed by atoms with Gasteiger partial charge in [-0.15, -0.1) is 24.0 Å². The van der Waals surface area contributed by atoms with Gasteiger partial charge in [-0.2, -0.15) is 0 Å². The number of benzene rings is 1. The molecule has 138 valence electrons. The van der Waals surface area contributed by atoms with Crippen molar-refractivity contribution in [2.75, 3.05) is 33.4 Å². The minimum atomic E-state index is 0. The second kappa shape index (κ2) is 14.3. The van der Waals surface area contributed by atoms with E-state index < -0.39 is 0 Å². The van der Waals surface area contributed by atoms with Crippen LogP contribution in [0.25, 0.3) is 0 Å². The molecule has 0 fully saturated rings. The molecule has 1 rings (SSSR count). The van der Waals surface area contributed by atoms with E-state index in [9.17, 15) is 0 Å². The molecule has 6 heteroatoms. The molecular formula is C18H32IN3O2. The van der Waals surface area contributed by atoms with Gasteiger partial charge in [-0.3, -0.25) is 4.99 Å². The van der Waals surface area contributed by atoms with Crippen LogP contribution in [0.1, 0.15) is 37.8 Å². The lowest BCUT2D eigenvalue weighted by atomic mass is 10.1. The van der Waals surface area contributed by atoms with E-state index in [2.05, 4.69) is 47.7 Å². The van der Waals surface area contributed by atoms with Gasteiger partial charge in [0.05, 0.1) is 6.61 Å². The zero-order valence-corrected chi connectivity index (χ0v) is 17.7. The maximum Gasteiger partial charge on any atom is 0.191 e. The molecular weight excluding hydrogens is 417 g/mol. The molecule has 2 N–H and O–H groups in total. The van der Waals surface area contributed by atoms with Gasteiger partial charge in [0.1, 0.15) is 5.75 Å². The SMILES string of the molecule is CCCOc1cc(C)ccc1CNC(=NC)NCCCOCC.I. The summed E-state index contributed by atoms with van der Waals surface area (Å²) in [4.78, 5) is 4.24. The van der Waals surface area contributed by atoms with E-state index in [0.717, 1.165) is 56.5 Å². The summed E-state index contributed by atoms with van der Waals surface area (Å²) in [6.07, 6.45) is 1.97. The molecule has 0 saturated carbocycles. The van der Waals surface area contributed by atoms with Crippen molar-refractivity contribution in [1.29, 1.82) is 0 Å². The highest BCUT2D eigenvalue weighted by molar-refractivity contribution is 14.0. The van der Waals surface area contributed by atoms with Crippen molar-refractivity contribution < 1.29 is 9.47 Å². The average Bonchev–Trinajstić information content (AvgIpc) is 2.56. The molecule has 0 atom stereocenters. The molecule has 0 heterocycles. The van der Waals surface area contributed by atoms with Gasteiger partial charge in [-0.1, -0.05) is 19.1 Å². The number of guanidine groups is 1. The summed E-state index contributed by atoms with van der Waals surface area (Å²) in [6, 6.07) is 6.30. The number of hydrogen-bond donors (Lipinski definition) is 2. The Morgan fingerprint density at radius 3 is 2.62 bits per heavy atom. The summed E-state index contributed by atoms with van der Waals surface area (Å²) < 4.78 is 11.2. The molecule has 24 heavy (non-hydrogen) atoms. The third kappa shape index (κ3) is 9.32. The number of hydrogen-bond acceptors (Lipinski definition) is 3. The predicted octanol–water partition coefficient (Wildman–Crippen LogP) is 3.49. The fourth-order valence-corrected chi connectivity index (χ4v) is 2.08. The highest BCUT2D eigenvalue weighted by Crippen LogP contribution is 2.20. The number of nitrogens with one attached hydrogen (secondary N) is 2. The summed E-state index contributed by atoms with van der Waals surface area (Å²) >= 11 is 0. The van der Waals surface area contributed by atoms with Crippen LogP contribution in [0.3, 0.4) is 0 Å². The van der Waals surface area contributed by atoms with E-state index in [1.54, 1.807) is 7.05 Å². The smallest absolute Gasteiger partial charge is 0.191 e. The van der Waals surface area contributed by atoms with Gasteiger partial charge in [0.2, 0.25) is 0 Å². The Morgan fingerprint density at radius 1 is 1.17 bits per heavy atom. The van der Waals surface area contributed by atoms with E-state index >= 15 is 0 Å². The zero-order valence-electron chi connectivity index (χ0n) is 15.4. The van der Waals surface area contributed by atoms with Crippen molar-refractivity contribution >= 4 is 29.9 Å². The summed E-state index contributed by atoms with van der Waals surface area (Å²) in [6.45, 7) is 10.00. The van der Waals surface area contributed by atoms with Crippen LogP contribution in [0.5, 0.6) is 5.75 Å². The second-order valence-corrected chi connectivity index (χ2v) is 5.36. The van der Waals surface area contributed by atoms with E-state index in [4.69, 9.17) is 9.47 Å². The van der Waals surface area contributed by atoms with Crippen LogP contribution < -0.4 is 15.4 Å². The number of aryl methyl sites for hydroxylation is 1. The minimum absolute atomic E-state index is 0. The summed E-state index contributed by atoms with van der Waals surface area (Å²) in [7, 11) is 1.78. The molecule has 0 unspecified atom stereocenters. The zero-order chi connectivity index (χ0) is 16.9. The van der Waals surface area contributed by atoms with Gasteiger partial charge in [-0.25, -0.2) is 0 Å². The fraction of sp³-hybridized carbons (Fsp3) is 0.611. The molecule has 0 aliphatic rings. The van der Waals surface area contributed by atoms with E-state index in [-0.39, 0.29) is 24.0 Å². The number of ether oxygens (including phenoxy) is 2. The maximum atomic E-state index is 5.84. The Kier molecular flexibility index (Phi) is 13.7. The van der Waals surface area contributed by atoms with E-state index in [0.29, 0.717) is 6.54 Å². The molecule has 0 radical (unpaired) electrons. The van der Waals surface area contributed by atoms with Crippen LogP contribution in [0.2, 0.25) is 0 Å². The van der Waals surface area contributed by atoms with E-state index in [1.165, 1.54) is 5.56 Å². The topological polar surface area (TPSA) is 54.9 Å². The van der Waals surface area contributed by atoms with Gasteiger partial charge >= 0.3 is 0 Å². The summed E-state index contributed by atoms with van der Waals surface area (Å²) in [5.74, 6) is 1.75. The monoisotopic (exact) mass is 449 g/mol. The van der Waals surface area contributed by atoms with E-state index in [1.807, 2.05) is 6.92 Å². The Labute approximate surface area is 163 Å². The third-order valence-electron chi connectivity index (χ3n) is 3.32. The van der Waals surface area contributed by atoms with Crippen LogP contribution in [0, 0.1) is 6.92 Å². The molecule has 1 aromatic rings. The van der Waals surface area contributed by atoms with Gasteiger partial charge in [0.25, 0.3) is 0 Å². The van der Waals surface area contributed by atoms with Crippen molar-refractivity contribution in [3.63, 3.8) is 0 Å². The molecule has 5 nitrogen and oxygen atoms in total. The molecule has 0 aromatic heterocycles. The van der Waals surface area contributed by atoms with Gasteiger partial charge in [0.15, 0.2) is 5.96 Å². The maximum absolute atomic E-state index is 5.84. The lowest BCUT2D eigenvalue weighted by Gasteiger charge is -2.15. The highest BCUT2D eigenvalue weighted by Gasteiger charge is 2.05. The van der Waals surface area contributed by atoms with Crippen molar-refractivity contribution in [3.05, 3.63) is 29.3 Å². The molecule has 0 amide bonds. The molecule has 0 aliphatic heterocycles. The first-order valence-electron chi connectivity index (χ1n) is 8.45. The average molecular weight is 449 g/mol. The Hall–Kier alpha value is -1.02. The second-order valence-electron chi connectivity index (χ2n) is 5.36. The lowest BCUT2D eigenvalue weighted by Crippen LogP contribution is -2.37. The predicted molar refractivity (Wildman–Crippen MR) is 112 cm³/mol. The molecule has 0 aliphatic carbocycles. The normalized spacial score (nSPS) is 10.9. The fourth-order valence-electron chi connectivity index (χ4n) is 2.08. The van der Waals surface area contributed by atoms with Crippen molar-refractivity contribution in [3.8, 4) is 5.75 Å². The van der Waals surface area contributed by atoms with Crippen molar-refractivity contribution in [2.24, 2.45) is 4.99 Å². The first-order valence-corrected chi connectivity index (χ1v) is 8.45. The van der Waals surface area contributed by atoms with Gasteiger partial charge in [-0.05, 0) is 38.3 Å². The van der Waals surface area contributed by atoms with Gasteiger partial charge < -0.3 is 20.1 Å². The number of aliphatic imine (C=N–C) groups is 1. The molecule has 0 saturated heterocycles. The highest BCUT2D eigenvalue weighted by atomic mass is 127. The Bertz CT molecular complexity index is 481. The Morgan fingerprint density at radius 2 is 1.96 bits per heavy atom. The molecule has 1 aromatic carbocycles. The summed E-state index contributed by atoms with van der Waals surface area (Å²) in [5.41, 5.74) is 2.35. The van der Waals surface area contributed by atoms with Crippen LogP contribution in [0.15, 0.2) is 23.2 Å². The molecule has 0 spiro atoms. The van der Waals surface area contributed by atoms with Gasteiger partial charge in [0, 0.05) is 38.9 Å². The first-order chi connectivity index (χ1) is 11.2. The summed E-state index contributed by atoms with van der Waals surface area (Å²) in [5, 5.41) is 6.62. The number of halogens is 1. The third-order valence-corrected chi connectivity index (χ3v) is 3.32. The quantitative estimate of drug-likeness (QED) is 0.249. The lowest BCUT2D eigenvalue weighted by molar-refractivity contribution is 0.145. The number of nitrogens with zero attached hydrogens (tertiary/aromatic N) is 1. The largest absolute Gasteiger partial charge is 0.493 e. The first kappa shape index (κ1) is 23.0. The molecule has 0 bridgehead atoms. The van der Waals surface area contributed by atoms with Crippen molar-refractivity contribution in [1.82, 2.24) is 10.6 Å². The standard InChI is InChI=1S/C18H31N3O2.HI/c1-5-11-23-17-13-15(3)8-9-16(17)14-21-18(19-4)20-10-7-12-22-6-2;/h8-9,13H,5-7,10-12,14H2,1-4H3,(H2,19,20,21);1H. The Balaban J connectivity index is 0.00000529. The van der Waals surface area contributed by atoms with Crippen LogP contribution in [-0.2, 0) is 11.3 Å². The minimum Gasteiger partial charge on any atom is -0.493 e.